The number of benzene rings is 2. The van der Waals surface area contributed by atoms with E-state index in [0.29, 0.717) is 32.1 Å². The Bertz CT molecular complexity index is 1410. The van der Waals surface area contributed by atoms with Crippen LogP contribution >= 0.6 is 0 Å². The molecule has 0 aromatic heterocycles. The van der Waals surface area contributed by atoms with Crippen molar-refractivity contribution in [2.45, 2.75) is 70.2 Å². The van der Waals surface area contributed by atoms with Crippen molar-refractivity contribution in [3.8, 4) is 11.5 Å². The van der Waals surface area contributed by atoms with Gasteiger partial charge in [-0.05, 0) is 87.5 Å². The van der Waals surface area contributed by atoms with Crippen molar-refractivity contribution >= 4 is 23.5 Å². The lowest BCUT2D eigenvalue weighted by molar-refractivity contribution is -0.143. The van der Waals surface area contributed by atoms with Crippen molar-refractivity contribution in [3.63, 3.8) is 0 Å². The molecule has 0 heterocycles. The molecule has 3 fully saturated rings. The summed E-state index contributed by atoms with van der Waals surface area (Å²) in [6.45, 7) is 1.35. The minimum atomic E-state index is -4.57. The van der Waals surface area contributed by atoms with Gasteiger partial charge in [0.15, 0.2) is 11.6 Å². The Kier molecular flexibility index (Phi) is 8.58. The molecule has 0 unspecified atom stereocenters. The number of ether oxygens (including phenoxy) is 2. The van der Waals surface area contributed by atoms with Gasteiger partial charge in [0.2, 0.25) is 5.91 Å². The second kappa shape index (κ2) is 12.0. The number of hydrogen-bond acceptors (Lipinski definition) is 5. The van der Waals surface area contributed by atoms with Gasteiger partial charge in [0.1, 0.15) is 5.75 Å². The maximum Gasteiger partial charge on any atom is 0.416 e. The minimum Gasteiger partial charge on any atom is -0.496 e. The zero-order chi connectivity index (χ0) is 31.1. The van der Waals surface area contributed by atoms with E-state index in [0.717, 1.165) is 25.0 Å². The summed E-state index contributed by atoms with van der Waals surface area (Å²) in [5, 5.41) is 14.8. The molecule has 2 amide bonds. The molecule has 0 radical (unpaired) electrons. The summed E-state index contributed by atoms with van der Waals surface area (Å²) in [5.41, 5.74) is -0.761. The van der Waals surface area contributed by atoms with E-state index in [2.05, 4.69) is 10.6 Å². The average Bonchev–Trinajstić information content (AvgIpc) is 3.56. The number of rotatable bonds is 8. The predicted molar refractivity (Wildman–Crippen MR) is 147 cm³/mol. The Morgan fingerprint density at radius 3 is 2.30 bits per heavy atom. The van der Waals surface area contributed by atoms with Crippen molar-refractivity contribution in [3.05, 3.63) is 52.8 Å². The van der Waals surface area contributed by atoms with Crippen molar-refractivity contribution in [1.82, 2.24) is 5.32 Å². The molecule has 0 aliphatic heterocycles. The van der Waals surface area contributed by atoms with Gasteiger partial charge in [-0.1, -0.05) is 6.07 Å². The quantitative estimate of drug-likeness (QED) is 0.319. The fourth-order valence-electron chi connectivity index (χ4n) is 6.92. The van der Waals surface area contributed by atoms with Gasteiger partial charge in [0.05, 0.1) is 36.2 Å². The number of carboxylic acids is 1. The molecule has 3 aliphatic rings. The van der Waals surface area contributed by atoms with Crippen molar-refractivity contribution in [2.24, 2.45) is 23.7 Å². The fourth-order valence-corrected chi connectivity index (χ4v) is 6.92. The van der Waals surface area contributed by atoms with E-state index in [1.807, 2.05) is 0 Å². The van der Waals surface area contributed by atoms with Crippen LogP contribution in [0.5, 0.6) is 11.5 Å². The van der Waals surface area contributed by atoms with Gasteiger partial charge in [-0.2, -0.15) is 13.2 Å². The molecular weight excluding hydrogens is 572 g/mol. The van der Waals surface area contributed by atoms with E-state index in [9.17, 15) is 37.1 Å². The van der Waals surface area contributed by atoms with Crippen LogP contribution in [0.2, 0.25) is 0 Å². The first-order chi connectivity index (χ1) is 20.3. The molecule has 0 spiro atoms. The van der Waals surface area contributed by atoms with Gasteiger partial charge < -0.3 is 25.2 Å². The number of nitrogens with one attached hydrogen (secondary N) is 2. The standard InChI is InChI=1S/C31H34F4N2O6/c1-15-3-8-19(12-22(15)31(33,34)35)36-29(39)26-17-4-5-18(11-17)27(26)37-28(38)21-13-25(23(32)14-24(21)42-2)43-20-9-6-16(7-10-20)30(40)41/h3,8,12-14,16-18,20,26-27H,4-7,9-11H2,1-2H3,(H,36,39)(H,37,38)(H,40,41)/t16?,17-,18+,20?,26+,27-/m1/s1. The number of fused-ring (bicyclic) bond motifs is 2. The summed E-state index contributed by atoms with van der Waals surface area (Å²) >= 11 is 0. The van der Waals surface area contributed by atoms with Crippen molar-refractivity contribution < 1.29 is 46.5 Å². The molecule has 2 bridgehead atoms. The summed E-state index contributed by atoms with van der Waals surface area (Å²) < 4.78 is 66.3. The average molecular weight is 607 g/mol. The van der Waals surface area contributed by atoms with Crippen LogP contribution in [-0.4, -0.2) is 42.1 Å². The number of carbonyl (C=O) groups excluding carboxylic acids is 2. The highest BCUT2D eigenvalue weighted by Gasteiger charge is 2.51. The maximum absolute atomic E-state index is 14.9. The second-order valence-electron chi connectivity index (χ2n) is 11.8. The Morgan fingerprint density at radius 1 is 0.953 bits per heavy atom. The van der Waals surface area contributed by atoms with Gasteiger partial charge in [-0.25, -0.2) is 4.39 Å². The summed E-state index contributed by atoms with van der Waals surface area (Å²) in [4.78, 5) is 38.2. The lowest BCUT2D eigenvalue weighted by atomic mass is 9.83. The van der Waals surface area contributed by atoms with Crippen molar-refractivity contribution in [1.29, 1.82) is 0 Å². The number of methoxy groups -OCH3 is 1. The predicted octanol–water partition coefficient (Wildman–Crippen LogP) is 5.97. The van der Waals surface area contributed by atoms with E-state index >= 15 is 0 Å². The molecule has 4 atom stereocenters. The highest BCUT2D eigenvalue weighted by atomic mass is 19.4. The molecule has 43 heavy (non-hydrogen) atoms. The number of aliphatic carboxylic acids is 1. The Balaban J connectivity index is 1.32. The highest BCUT2D eigenvalue weighted by Crippen LogP contribution is 2.49. The van der Waals surface area contributed by atoms with Crippen LogP contribution in [-0.2, 0) is 15.8 Å². The third-order valence-corrected chi connectivity index (χ3v) is 9.14. The van der Waals surface area contributed by atoms with E-state index in [-0.39, 0.29) is 40.1 Å². The van der Waals surface area contributed by atoms with Gasteiger partial charge in [0.25, 0.3) is 5.91 Å². The Morgan fingerprint density at radius 2 is 1.65 bits per heavy atom. The summed E-state index contributed by atoms with van der Waals surface area (Å²) in [7, 11) is 1.30. The molecule has 12 heteroatoms. The molecule has 2 aromatic rings. The molecule has 3 saturated carbocycles. The first-order valence-electron chi connectivity index (χ1n) is 14.4. The third kappa shape index (κ3) is 6.42. The van der Waals surface area contributed by atoms with Crippen LogP contribution in [0.3, 0.4) is 0 Å². The zero-order valence-electron chi connectivity index (χ0n) is 23.8. The van der Waals surface area contributed by atoms with Gasteiger partial charge in [-0.15, -0.1) is 0 Å². The highest BCUT2D eigenvalue weighted by molar-refractivity contribution is 5.99. The number of hydrogen-bond donors (Lipinski definition) is 3. The molecule has 3 aliphatic carbocycles. The molecule has 3 N–H and O–H groups in total. The Hall–Kier alpha value is -3.83. The molecule has 0 saturated heterocycles. The van der Waals surface area contributed by atoms with Crippen LogP contribution in [0.25, 0.3) is 0 Å². The van der Waals surface area contributed by atoms with Crippen LogP contribution < -0.4 is 20.1 Å². The number of amides is 2. The van der Waals surface area contributed by atoms with Gasteiger partial charge >= 0.3 is 12.1 Å². The minimum absolute atomic E-state index is 0.0000347. The smallest absolute Gasteiger partial charge is 0.416 e. The number of alkyl halides is 3. The number of carboxylic acid groups (broad SMARTS) is 1. The van der Waals surface area contributed by atoms with E-state index in [1.54, 1.807) is 0 Å². The summed E-state index contributed by atoms with van der Waals surface area (Å²) in [6.07, 6.45) is -1.07. The second-order valence-corrected chi connectivity index (χ2v) is 11.8. The fraction of sp³-hybridized carbons (Fsp3) is 0.516. The topological polar surface area (TPSA) is 114 Å². The third-order valence-electron chi connectivity index (χ3n) is 9.14. The van der Waals surface area contributed by atoms with Crippen LogP contribution in [0.4, 0.5) is 23.2 Å². The van der Waals surface area contributed by atoms with Crippen molar-refractivity contribution in [2.75, 3.05) is 12.4 Å². The van der Waals surface area contributed by atoms with Gasteiger partial charge in [-0.3, -0.25) is 14.4 Å². The molecule has 2 aromatic carbocycles. The molecule has 5 rings (SSSR count). The van der Waals surface area contributed by atoms with Crippen LogP contribution in [0.1, 0.15) is 66.4 Å². The molecule has 232 valence electrons. The summed E-state index contributed by atoms with van der Waals surface area (Å²) in [5.74, 6) is -4.03. The lowest BCUT2D eigenvalue weighted by Gasteiger charge is -2.31. The van der Waals surface area contributed by atoms with Crippen LogP contribution in [0.15, 0.2) is 30.3 Å². The number of anilines is 1. The van der Waals surface area contributed by atoms with E-state index < -0.39 is 59.3 Å². The summed E-state index contributed by atoms with van der Waals surface area (Å²) in [6, 6.07) is 5.35. The normalized spacial score (nSPS) is 26.6. The number of aryl methyl sites for hydroxylation is 1. The number of halogens is 4. The molecule has 8 nitrogen and oxygen atoms in total. The van der Waals surface area contributed by atoms with E-state index in [4.69, 9.17) is 9.47 Å². The first kappa shape index (κ1) is 30.6. The van der Waals surface area contributed by atoms with Gasteiger partial charge in [0, 0.05) is 17.8 Å². The largest absolute Gasteiger partial charge is 0.496 e. The monoisotopic (exact) mass is 606 g/mol. The molecular formula is C31H34F4N2O6. The van der Waals surface area contributed by atoms with Crippen LogP contribution in [0, 0.1) is 36.4 Å². The lowest BCUT2D eigenvalue weighted by Crippen LogP contribution is -2.48. The number of carbonyl (C=O) groups is 3. The maximum atomic E-state index is 14.9. The first-order valence-corrected chi connectivity index (χ1v) is 14.4. The SMILES string of the molecule is COc1cc(F)c(OC2CCC(C(=O)O)CC2)cc1C(=O)N[C@@H]1[C@H]2CC[C@H](C2)[C@@H]1C(=O)Nc1ccc(C)c(C(F)(F)F)c1. The van der Waals surface area contributed by atoms with E-state index in [1.165, 1.54) is 32.2 Å². The Labute approximate surface area is 246 Å². The zero-order valence-corrected chi connectivity index (χ0v) is 23.8.